The molecule has 1 aromatic rings. The van der Waals surface area contributed by atoms with Crippen LogP contribution in [0.1, 0.15) is 35.7 Å². The molecule has 3 nitrogen and oxygen atoms in total. The zero-order valence-corrected chi connectivity index (χ0v) is 9.03. The van der Waals surface area contributed by atoms with Gasteiger partial charge >= 0.3 is 5.97 Å². The van der Waals surface area contributed by atoms with Crippen molar-refractivity contribution in [2.75, 3.05) is 0 Å². The summed E-state index contributed by atoms with van der Waals surface area (Å²) in [4.78, 5) is 22.8. The van der Waals surface area contributed by atoms with E-state index in [-0.39, 0.29) is 11.8 Å². The van der Waals surface area contributed by atoms with Crippen LogP contribution in [-0.2, 0) is 4.79 Å². The maximum atomic E-state index is 11.4. The number of hydrogen-bond acceptors (Lipinski definition) is 3. The first-order valence-electron chi connectivity index (χ1n) is 5.28. The molecular formula is C13H12O3. The number of carbonyl (C=O) groups is 2. The number of ketones is 1. The van der Waals surface area contributed by atoms with Crippen molar-refractivity contribution in [3.63, 3.8) is 0 Å². The van der Waals surface area contributed by atoms with Gasteiger partial charge in [-0.3, -0.25) is 9.59 Å². The van der Waals surface area contributed by atoms with Crippen molar-refractivity contribution in [1.82, 2.24) is 0 Å². The molecule has 16 heavy (non-hydrogen) atoms. The number of esters is 1. The molecule has 0 aromatic heterocycles. The highest BCUT2D eigenvalue weighted by molar-refractivity contribution is 6.14. The quantitative estimate of drug-likeness (QED) is 0.576. The third kappa shape index (κ3) is 1.89. The van der Waals surface area contributed by atoms with Crippen LogP contribution < -0.4 is 4.74 Å². The average Bonchev–Trinajstić information content (AvgIpc) is 2.62. The lowest BCUT2D eigenvalue weighted by Crippen LogP contribution is -2.08. The van der Waals surface area contributed by atoms with E-state index in [0.29, 0.717) is 23.3 Å². The first kappa shape index (κ1) is 10.6. The van der Waals surface area contributed by atoms with E-state index in [1.165, 1.54) is 6.08 Å². The van der Waals surface area contributed by atoms with Gasteiger partial charge in [-0.1, -0.05) is 19.1 Å². The van der Waals surface area contributed by atoms with Crippen LogP contribution in [0.25, 0.3) is 6.08 Å². The van der Waals surface area contributed by atoms with E-state index in [2.05, 4.69) is 0 Å². The average molecular weight is 216 g/mol. The van der Waals surface area contributed by atoms with Crippen molar-refractivity contribution in [3.05, 3.63) is 35.4 Å². The highest BCUT2D eigenvalue weighted by Crippen LogP contribution is 2.29. The van der Waals surface area contributed by atoms with E-state index in [0.717, 1.165) is 6.42 Å². The van der Waals surface area contributed by atoms with Crippen molar-refractivity contribution >= 4 is 17.8 Å². The molecule has 0 heterocycles. The molecule has 0 aliphatic heterocycles. The minimum absolute atomic E-state index is 0.0385. The lowest BCUT2D eigenvalue weighted by atomic mass is 10.1. The summed E-state index contributed by atoms with van der Waals surface area (Å²) in [5.74, 6) is 0.171. The van der Waals surface area contributed by atoms with E-state index >= 15 is 0 Å². The van der Waals surface area contributed by atoms with Gasteiger partial charge in [-0.05, 0) is 24.6 Å². The van der Waals surface area contributed by atoms with Gasteiger partial charge in [-0.25, -0.2) is 0 Å². The van der Waals surface area contributed by atoms with Crippen LogP contribution in [0, 0.1) is 0 Å². The second-order valence-electron chi connectivity index (χ2n) is 3.64. The minimum Gasteiger partial charge on any atom is -0.426 e. The predicted molar refractivity (Wildman–Crippen MR) is 60.3 cm³/mol. The van der Waals surface area contributed by atoms with E-state index in [9.17, 15) is 9.59 Å². The summed E-state index contributed by atoms with van der Waals surface area (Å²) < 4.78 is 5.20. The van der Waals surface area contributed by atoms with Gasteiger partial charge in [-0.2, -0.15) is 0 Å². The molecule has 1 aliphatic rings. The van der Waals surface area contributed by atoms with Crippen LogP contribution in [0.2, 0.25) is 0 Å². The largest absolute Gasteiger partial charge is 0.426 e. The van der Waals surface area contributed by atoms with Gasteiger partial charge in [-0.15, -0.1) is 0 Å². The number of ether oxygens (including phenoxy) is 1. The summed E-state index contributed by atoms with van der Waals surface area (Å²) in [6.07, 6.45) is 4.32. The summed E-state index contributed by atoms with van der Waals surface area (Å²) >= 11 is 0. The number of rotatable bonds is 3. The maximum absolute atomic E-state index is 11.4. The first-order valence-corrected chi connectivity index (χ1v) is 5.28. The Morgan fingerprint density at radius 1 is 1.31 bits per heavy atom. The predicted octanol–water partition coefficient (Wildman–Crippen LogP) is 2.60. The smallest absolute Gasteiger partial charge is 0.311 e. The number of hydrogen-bond donors (Lipinski definition) is 0. The Bertz CT molecular complexity index is 472. The second-order valence-corrected chi connectivity index (χ2v) is 3.64. The molecule has 0 N–H and O–H groups in total. The fourth-order valence-electron chi connectivity index (χ4n) is 1.65. The Labute approximate surface area is 93.7 Å². The molecule has 0 unspecified atom stereocenters. The summed E-state index contributed by atoms with van der Waals surface area (Å²) in [5.41, 5.74) is 1.30. The monoisotopic (exact) mass is 216 g/mol. The lowest BCUT2D eigenvalue weighted by molar-refractivity contribution is -0.134. The summed E-state index contributed by atoms with van der Waals surface area (Å²) in [7, 11) is 0. The molecule has 0 saturated carbocycles. The van der Waals surface area contributed by atoms with Crippen LogP contribution >= 0.6 is 0 Å². The third-order valence-electron chi connectivity index (χ3n) is 2.41. The maximum Gasteiger partial charge on any atom is 0.311 e. The number of carbonyl (C=O) groups excluding carboxylic acids is 2. The number of fused-ring (bicyclic) bond motifs is 1. The molecule has 0 radical (unpaired) electrons. The highest BCUT2D eigenvalue weighted by atomic mass is 16.5. The van der Waals surface area contributed by atoms with Gasteiger partial charge in [0.15, 0.2) is 5.78 Å². The van der Waals surface area contributed by atoms with Crippen molar-refractivity contribution in [2.24, 2.45) is 0 Å². The van der Waals surface area contributed by atoms with E-state index < -0.39 is 0 Å². The van der Waals surface area contributed by atoms with E-state index in [1.807, 2.05) is 6.92 Å². The Hall–Kier alpha value is -1.90. The minimum atomic E-state index is -0.261. The molecule has 0 saturated heterocycles. The molecule has 1 aromatic carbocycles. The summed E-state index contributed by atoms with van der Waals surface area (Å²) in [5, 5.41) is 0. The fourth-order valence-corrected chi connectivity index (χ4v) is 1.65. The van der Waals surface area contributed by atoms with E-state index in [4.69, 9.17) is 4.74 Å². The molecule has 2 rings (SSSR count). The Balaban J connectivity index is 2.26. The fraction of sp³-hybridized carbons (Fsp3) is 0.231. The molecule has 82 valence electrons. The SMILES string of the molecule is CCCC(=O)Oc1cccc2c1C=CC2=O. The Kier molecular flexibility index (Phi) is 2.86. The standard InChI is InChI=1S/C13H12O3/c1-2-4-13(15)16-12-6-3-5-9-10(12)7-8-11(9)14/h3,5-8H,2,4H2,1H3. The normalized spacial score (nSPS) is 12.7. The zero-order valence-electron chi connectivity index (χ0n) is 9.03. The molecular weight excluding hydrogens is 204 g/mol. The van der Waals surface area contributed by atoms with Crippen molar-refractivity contribution in [3.8, 4) is 5.75 Å². The van der Waals surface area contributed by atoms with Crippen LogP contribution in [0.15, 0.2) is 24.3 Å². The van der Waals surface area contributed by atoms with Crippen LogP contribution in [-0.4, -0.2) is 11.8 Å². The van der Waals surface area contributed by atoms with Gasteiger partial charge < -0.3 is 4.74 Å². The molecule has 1 aliphatic carbocycles. The topological polar surface area (TPSA) is 43.4 Å². The molecule has 0 atom stereocenters. The van der Waals surface area contributed by atoms with Gasteiger partial charge in [0.2, 0.25) is 0 Å². The number of allylic oxidation sites excluding steroid dienone is 1. The Morgan fingerprint density at radius 2 is 2.12 bits per heavy atom. The molecule has 0 fully saturated rings. The van der Waals surface area contributed by atoms with Gasteiger partial charge in [0.1, 0.15) is 5.75 Å². The zero-order chi connectivity index (χ0) is 11.5. The molecule has 0 bridgehead atoms. The van der Waals surface area contributed by atoms with Crippen LogP contribution in [0.4, 0.5) is 0 Å². The van der Waals surface area contributed by atoms with Gasteiger partial charge in [0.05, 0.1) is 0 Å². The summed E-state index contributed by atoms with van der Waals surface area (Å²) in [6.45, 7) is 1.92. The summed E-state index contributed by atoms with van der Waals surface area (Å²) in [6, 6.07) is 5.16. The van der Waals surface area contributed by atoms with Gasteiger partial charge in [0.25, 0.3) is 0 Å². The second kappa shape index (κ2) is 4.31. The molecule has 0 amide bonds. The molecule has 0 spiro atoms. The Morgan fingerprint density at radius 3 is 2.88 bits per heavy atom. The number of benzene rings is 1. The van der Waals surface area contributed by atoms with Crippen LogP contribution in [0.5, 0.6) is 5.75 Å². The third-order valence-corrected chi connectivity index (χ3v) is 2.41. The van der Waals surface area contributed by atoms with Gasteiger partial charge in [0, 0.05) is 17.5 Å². The van der Waals surface area contributed by atoms with E-state index in [1.54, 1.807) is 24.3 Å². The van der Waals surface area contributed by atoms with Crippen molar-refractivity contribution < 1.29 is 14.3 Å². The lowest BCUT2D eigenvalue weighted by Gasteiger charge is -2.07. The molecule has 3 heteroatoms. The van der Waals surface area contributed by atoms with Crippen molar-refractivity contribution in [1.29, 1.82) is 0 Å². The highest BCUT2D eigenvalue weighted by Gasteiger charge is 2.18. The van der Waals surface area contributed by atoms with Crippen molar-refractivity contribution in [2.45, 2.75) is 19.8 Å². The first-order chi connectivity index (χ1) is 7.72. The van der Waals surface area contributed by atoms with Crippen LogP contribution in [0.3, 0.4) is 0 Å².